The van der Waals surface area contributed by atoms with Crippen LogP contribution in [0.1, 0.15) is 21.7 Å². The number of nitrogens with zero attached hydrogens (tertiary/aromatic N) is 5. The zero-order valence-electron chi connectivity index (χ0n) is 16.6. The number of carbonyl (C=O) groups is 1. The van der Waals surface area contributed by atoms with E-state index in [1.54, 1.807) is 42.7 Å². The van der Waals surface area contributed by atoms with Crippen LogP contribution in [0.5, 0.6) is 0 Å². The van der Waals surface area contributed by atoms with Gasteiger partial charge in [-0.3, -0.25) is 4.79 Å². The number of rotatable bonds is 6. The number of thioether (sulfide) groups is 1. The van der Waals surface area contributed by atoms with Crippen molar-refractivity contribution in [2.24, 2.45) is 0 Å². The molecule has 0 unspecified atom stereocenters. The van der Waals surface area contributed by atoms with E-state index >= 15 is 0 Å². The third-order valence-electron chi connectivity index (χ3n) is 4.38. The van der Waals surface area contributed by atoms with E-state index in [1.807, 2.05) is 0 Å². The topological polar surface area (TPSA) is 85.6 Å². The molecule has 12 heteroatoms. The summed E-state index contributed by atoms with van der Waals surface area (Å²) in [6.45, 7) is 0. The largest absolute Gasteiger partial charge is 0.416 e. The lowest BCUT2D eigenvalue weighted by molar-refractivity contribution is -0.137. The van der Waals surface area contributed by atoms with Crippen LogP contribution in [0.25, 0.3) is 5.69 Å². The number of hydrogen-bond donors (Lipinski definition) is 1. The molecule has 2 aromatic heterocycles. The van der Waals surface area contributed by atoms with Crippen LogP contribution < -0.4 is 5.32 Å². The van der Waals surface area contributed by atoms with Crippen molar-refractivity contribution in [2.45, 2.75) is 17.1 Å². The molecule has 0 aliphatic heterocycles. The molecule has 0 saturated carbocycles. The highest BCUT2D eigenvalue weighted by Crippen LogP contribution is 2.31. The summed E-state index contributed by atoms with van der Waals surface area (Å²) >= 11 is 7.22. The molecule has 0 aliphatic rings. The van der Waals surface area contributed by atoms with Gasteiger partial charge in [0, 0.05) is 28.9 Å². The summed E-state index contributed by atoms with van der Waals surface area (Å²) in [5.41, 5.74) is 0.0997. The first-order chi connectivity index (χ1) is 15.8. The van der Waals surface area contributed by atoms with E-state index in [9.17, 15) is 18.0 Å². The highest BCUT2D eigenvalue weighted by molar-refractivity contribution is 7.98. The van der Waals surface area contributed by atoms with Gasteiger partial charge >= 0.3 is 6.18 Å². The van der Waals surface area contributed by atoms with E-state index in [2.05, 4.69) is 25.6 Å². The number of aromatic nitrogens is 5. The molecular formula is C21H14ClF3N6OS. The average molecular weight is 491 g/mol. The Hall–Kier alpha value is -3.44. The molecule has 7 nitrogen and oxygen atoms in total. The number of alkyl halides is 3. The van der Waals surface area contributed by atoms with Gasteiger partial charge in [-0.1, -0.05) is 34.6 Å². The van der Waals surface area contributed by atoms with E-state index in [-0.39, 0.29) is 17.1 Å². The number of hydrogen-bond acceptors (Lipinski definition) is 6. The molecule has 0 atom stereocenters. The average Bonchev–Trinajstić information content (AvgIpc) is 3.22. The van der Waals surface area contributed by atoms with Crippen molar-refractivity contribution < 1.29 is 18.0 Å². The summed E-state index contributed by atoms with van der Waals surface area (Å²) in [7, 11) is 0. The number of amides is 1. The van der Waals surface area contributed by atoms with Gasteiger partial charge in [0.15, 0.2) is 10.9 Å². The molecule has 33 heavy (non-hydrogen) atoms. The molecule has 0 bridgehead atoms. The fraction of sp³-hybridized carbons (Fsp3) is 0.0952. The Morgan fingerprint density at radius 3 is 2.48 bits per heavy atom. The Kier molecular flexibility index (Phi) is 6.61. The maximum atomic E-state index is 13.0. The maximum Gasteiger partial charge on any atom is 0.416 e. The maximum absolute atomic E-state index is 13.0. The fourth-order valence-electron chi connectivity index (χ4n) is 2.85. The van der Waals surface area contributed by atoms with E-state index in [4.69, 9.17) is 11.6 Å². The summed E-state index contributed by atoms with van der Waals surface area (Å²) in [5, 5.41) is 11.5. The predicted octanol–water partition coefficient (Wildman–Crippen LogP) is 5.27. The zero-order valence-corrected chi connectivity index (χ0v) is 18.2. The molecule has 0 fully saturated rings. The van der Waals surface area contributed by atoms with E-state index in [0.29, 0.717) is 21.6 Å². The van der Waals surface area contributed by atoms with Gasteiger partial charge in [-0.05, 0) is 48.5 Å². The highest BCUT2D eigenvalue weighted by Gasteiger charge is 2.30. The van der Waals surface area contributed by atoms with Crippen LogP contribution in [0.3, 0.4) is 0 Å². The minimum atomic E-state index is -4.53. The number of carbonyl (C=O) groups excluding carboxylic acids is 1. The quantitative estimate of drug-likeness (QED) is 0.292. The second kappa shape index (κ2) is 9.59. The first kappa shape index (κ1) is 22.7. The molecule has 4 rings (SSSR count). The Labute approximate surface area is 195 Å². The molecule has 1 amide bonds. The van der Waals surface area contributed by atoms with Crippen molar-refractivity contribution in [1.82, 2.24) is 25.0 Å². The van der Waals surface area contributed by atoms with Crippen LogP contribution >= 0.6 is 23.4 Å². The molecule has 0 aliphatic carbocycles. The minimum absolute atomic E-state index is 0.0131. The van der Waals surface area contributed by atoms with Crippen molar-refractivity contribution >= 4 is 35.0 Å². The molecule has 1 N–H and O–H groups in total. The highest BCUT2D eigenvalue weighted by atomic mass is 35.5. The van der Waals surface area contributed by atoms with Crippen LogP contribution in [0.15, 0.2) is 72.1 Å². The van der Waals surface area contributed by atoms with Crippen molar-refractivity contribution in [3.8, 4) is 5.69 Å². The third-order valence-corrected chi connectivity index (χ3v) is 5.52. The SMILES string of the molecule is O=C(Nc1cccc(C(F)(F)F)c1)c1nnn(-c2ccc(Cl)cc2)c1CSc1ncccn1. The first-order valence-electron chi connectivity index (χ1n) is 9.40. The van der Waals surface area contributed by atoms with E-state index in [1.165, 1.54) is 28.6 Å². The molecular weight excluding hydrogens is 477 g/mol. The lowest BCUT2D eigenvalue weighted by Crippen LogP contribution is -2.16. The summed E-state index contributed by atoms with van der Waals surface area (Å²) in [4.78, 5) is 21.2. The fourth-order valence-corrected chi connectivity index (χ4v) is 3.78. The second-order valence-corrected chi connectivity index (χ2v) is 8.00. The van der Waals surface area contributed by atoms with Gasteiger partial charge in [0.1, 0.15) is 0 Å². The molecule has 2 aromatic carbocycles. The van der Waals surface area contributed by atoms with Crippen molar-refractivity contribution in [3.05, 3.63) is 89.0 Å². The van der Waals surface area contributed by atoms with Crippen LogP contribution in [0.4, 0.5) is 18.9 Å². The lowest BCUT2D eigenvalue weighted by Gasteiger charge is -2.10. The van der Waals surface area contributed by atoms with Gasteiger partial charge in [0.05, 0.1) is 16.9 Å². The first-order valence-corrected chi connectivity index (χ1v) is 10.8. The second-order valence-electron chi connectivity index (χ2n) is 6.63. The van der Waals surface area contributed by atoms with Crippen LogP contribution in [0.2, 0.25) is 5.02 Å². The summed E-state index contributed by atoms with van der Waals surface area (Å²) in [6, 6.07) is 12.8. The molecule has 0 spiro atoms. The molecule has 0 radical (unpaired) electrons. The van der Waals surface area contributed by atoms with Gasteiger partial charge in [-0.2, -0.15) is 13.2 Å². The summed E-state index contributed by atoms with van der Waals surface area (Å²) < 4.78 is 40.5. The number of nitrogens with one attached hydrogen (secondary N) is 1. The molecule has 0 saturated heterocycles. The predicted molar refractivity (Wildman–Crippen MR) is 117 cm³/mol. The molecule has 168 valence electrons. The Bertz CT molecular complexity index is 1270. The van der Waals surface area contributed by atoms with Gasteiger partial charge in [0.25, 0.3) is 5.91 Å². The molecule has 4 aromatic rings. The standard InChI is InChI=1S/C21H14ClF3N6OS/c22-14-5-7-16(8-6-14)31-17(12-33-20-26-9-2-10-27-20)18(29-30-31)19(32)28-15-4-1-3-13(11-15)21(23,24)25/h1-11H,12H2,(H,28,32). The van der Waals surface area contributed by atoms with E-state index < -0.39 is 17.6 Å². The van der Waals surface area contributed by atoms with Crippen LogP contribution in [-0.4, -0.2) is 30.9 Å². The Balaban J connectivity index is 1.65. The van der Waals surface area contributed by atoms with Gasteiger partial charge in [-0.15, -0.1) is 5.10 Å². The van der Waals surface area contributed by atoms with Crippen molar-refractivity contribution in [1.29, 1.82) is 0 Å². The van der Waals surface area contributed by atoms with Crippen molar-refractivity contribution in [2.75, 3.05) is 5.32 Å². The van der Waals surface area contributed by atoms with Gasteiger partial charge < -0.3 is 5.32 Å². The van der Waals surface area contributed by atoms with Crippen molar-refractivity contribution in [3.63, 3.8) is 0 Å². The van der Waals surface area contributed by atoms with Gasteiger partial charge in [0.2, 0.25) is 0 Å². The Morgan fingerprint density at radius 1 is 1.06 bits per heavy atom. The minimum Gasteiger partial charge on any atom is -0.321 e. The lowest BCUT2D eigenvalue weighted by atomic mass is 10.2. The van der Waals surface area contributed by atoms with E-state index in [0.717, 1.165) is 12.1 Å². The smallest absolute Gasteiger partial charge is 0.321 e. The zero-order chi connectivity index (χ0) is 23.4. The summed E-state index contributed by atoms with van der Waals surface area (Å²) in [6.07, 6.45) is -1.35. The summed E-state index contributed by atoms with van der Waals surface area (Å²) in [5.74, 6) is -0.468. The third kappa shape index (κ3) is 5.49. The number of benzene rings is 2. The van der Waals surface area contributed by atoms with Gasteiger partial charge in [-0.25, -0.2) is 14.6 Å². The van der Waals surface area contributed by atoms with Crippen LogP contribution in [-0.2, 0) is 11.9 Å². The number of halogens is 4. The van der Waals surface area contributed by atoms with Crippen LogP contribution in [0, 0.1) is 0 Å². The monoisotopic (exact) mass is 490 g/mol. The Morgan fingerprint density at radius 2 is 1.79 bits per heavy atom. The number of anilines is 1. The molecule has 2 heterocycles. The normalized spacial score (nSPS) is 11.4.